The van der Waals surface area contributed by atoms with E-state index in [2.05, 4.69) is 5.32 Å². The largest absolute Gasteiger partial charge is 0.315 e. The molecule has 0 saturated carbocycles. The van der Waals surface area contributed by atoms with Gasteiger partial charge in [0.2, 0.25) is 0 Å². The van der Waals surface area contributed by atoms with E-state index in [0.717, 1.165) is 25.8 Å². The minimum Gasteiger partial charge on any atom is -0.315 e. The summed E-state index contributed by atoms with van der Waals surface area (Å²) in [4.78, 5) is 0. The highest BCUT2D eigenvalue weighted by Gasteiger charge is 2.51. The fourth-order valence-corrected chi connectivity index (χ4v) is 3.87. The van der Waals surface area contributed by atoms with Crippen LogP contribution in [0.15, 0.2) is 0 Å². The van der Waals surface area contributed by atoms with E-state index in [-0.39, 0.29) is 17.2 Å². The molecule has 2 aliphatic heterocycles. The predicted molar refractivity (Wildman–Crippen MR) is 50.5 cm³/mol. The minimum absolute atomic E-state index is 0. The molecule has 2 saturated heterocycles. The molecule has 12 heavy (non-hydrogen) atoms. The molecular weight excluding hydrogens is 198 g/mol. The molecule has 0 aromatic heterocycles. The second-order valence-electron chi connectivity index (χ2n) is 3.53. The van der Waals surface area contributed by atoms with E-state index < -0.39 is 9.84 Å². The molecule has 5 heteroatoms. The van der Waals surface area contributed by atoms with Gasteiger partial charge in [-0.2, -0.15) is 0 Å². The lowest BCUT2D eigenvalue weighted by Crippen LogP contribution is -2.59. The van der Waals surface area contributed by atoms with Crippen molar-refractivity contribution in [3.63, 3.8) is 0 Å². The van der Waals surface area contributed by atoms with Crippen molar-refractivity contribution < 1.29 is 8.42 Å². The first kappa shape index (κ1) is 10.3. The molecule has 2 fully saturated rings. The van der Waals surface area contributed by atoms with Crippen LogP contribution in [0.3, 0.4) is 0 Å². The molecule has 0 aliphatic carbocycles. The number of sulfone groups is 1. The highest BCUT2D eigenvalue weighted by atomic mass is 35.5. The number of hydrogen-bond donors (Lipinski definition) is 1. The van der Waals surface area contributed by atoms with Crippen molar-refractivity contribution in [2.24, 2.45) is 0 Å². The molecular formula is C7H14ClNO2S. The van der Waals surface area contributed by atoms with Gasteiger partial charge in [0.05, 0.1) is 10.5 Å². The van der Waals surface area contributed by atoms with Crippen LogP contribution in [0.25, 0.3) is 0 Å². The third-order valence-corrected chi connectivity index (χ3v) is 5.53. The number of piperidine rings is 1. The number of halogens is 1. The average Bonchev–Trinajstić information content (AvgIpc) is 2.04. The third kappa shape index (κ3) is 1.26. The van der Waals surface area contributed by atoms with E-state index in [1.54, 1.807) is 0 Å². The molecule has 72 valence electrons. The van der Waals surface area contributed by atoms with E-state index in [0.29, 0.717) is 12.3 Å². The first-order valence-electron chi connectivity index (χ1n) is 4.09. The molecule has 1 atom stereocenters. The zero-order chi connectivity index (χ0) is 7.95. The number of hydrogen-bond acceptors (Lipinski definition) is 3. The van der Waals surface area contributed by atoms with E-state index in [1.807, 2.05) is 0 Å². The molecule has 2 aliphatic rings. The molecule has 0 bridgehead atoms. The summed E-state index contributed by atoms with van der Waals surface area (Å²) in [5.41, 5.74) is 0. The maximum absolute atomic E-state index is 11.4. The zero-order valence-electron chi connectivity index (χ0n) is 6.88. The highest BCUT2D eigenvalue weighted by molar-refractivity contribution is 7.94. The van der Waals surface area contributed by atoms with Crippen LogP contribution in [0.5, 0.6) is 0 Å². The maximum atomic E-state index is 11.4. The van der Waals surface area contributed by atoms with Gasteiger partial charge in [-0.25, -0.2) is 8.42 Å². The Hall–Kier alpha value is 0.200. The Labute approximate surface area is 79.2 Å². The van der Waals surface area contributed by atoms with Crippen LogP contribution in [0, 0.1) is 0 Å². The van der Waals surface area contributed by atoms with Crippen LogP contribution in [0.4, 0.5) is 0 Å². The van der Waals surface area contributed by atoms with Gasteiger partial charge in [0.15, 0.2) is 9.84 Å². The zero-order valence-corrected chi connectivity index (χ0v) is 8.51. The van der Waals surface area contributed by atoms with Gasteiger partial charge in [0.1, 0.15) is 0 Å². The summed E-state index contributed by atoms with van der Waals surface area (Å²) in [6.45, 7) is 1.67. The van der Waals surface area contributed by atoms with Gasteiger partial charge in [-0.15, -0.1) is 12.4 Å². The Kier molecular flexibility index (Phi) is 2.71. The van der Waals surface area contributed by atoms with E-state index in [4.69, 9.17) is 0 Å². The molecule has 0 radical (unpaired) electrons. The van der Waals surface area contributed by atoms with Crippen molar-refractivity contribution in [3.05, 3.63) is 0 Å². The van der Waals surface area contributed by atoms with Gasteiger partial charge in [-0.3, -0.25) is 0 Å². The Balaban J connectivity index is 0.000000720. The molecule has 0 amide bonds. The Bertz CT molecular complexity index is 257. The summed E-state index contributed by atoms with van der Waals surface area (Å²) in [6.07, 6.45) is 2.77. The van der Waals surface area contributed by atoms with Gasteiger partial charge in [-0.05, 0) is 25.8 Å². The van der Waals surface area contributed by atoms with Gasteiger partial charge in [0, 0.05) is 6.54 Å². The summed E-state index contributed by atoms with van der Waals surface area (Å²) in [5.74, 6) is 0.411. The predicted octanol–water partition coefficient (Wildman–Crippen LogP) is 0.349. The fourth-order valence-electron chi connectivity index (χ4n) is 1.98. The van der Waals surface area contributed by atoms with Crippen LogP contribution in [-0.4, -0.2) is 32.0 Å². The van der Waals surface area contributed by atoms with Crippen molar-refractivity contribution in [3.8, 4) is 0 Å². The smallest absolute Gasteiger partial charge is 0.157 e. The van der Waals surface area contributed by atoms with Crippen molar-refractivity contribution in [2.75, 3.05) is 18.8 Å². The lowest BCUT2D eigenvalue weighted by Gasteiger charge is -2.43. The quantitative estimate of drug-likeness (QED) is 0.629. The van der Waals surface area contributed by atoms with Crippen LogP contribution in [0.2, 0.25) is 0 Å². The standard InChI is InChI=1S/C7H13NO2S.ClH/c9-11(10)5-3-7(11)2-1-4-8-6-7;/h8H,1-6H2;1H/t7-;/m0./s1. The summed E-state index contributed by atoms with van der Waals surface area (Å²) in [7, 11) is -2.71. The average molecular weight is 212 g/mol. The van der Waals surface area contributed by atoms with Gasteiger partial charge < -0.3 is 5.32 Å². The second-order valence-corrected chi connectivity index (χ2v) is 6.04. The minimum atomic E-state index is -2.71. The van der Waals surface area contributed by atoms with E-state index in [1.165, 1.54) is 0 Å². The SMILES string of the molecule is Cl.O=S1(=O)CC[C@]12CCCNC2. The highest BCUT2D eigenvalue weighted by Crippen LogP contribution is 2.38. The van der Waals surface area contributed by atoms with Crippen LogP contribution in [-0.2, 0) is 9.84 Å². The topological polar surface area (TPSA) is 46.2 Å². The van der Waals surface area contributed by atoms with Crippen LogP contribution < -0.4 is 5.32 Å². The second kappa shape index (κ2) is 3.16. The Morgan fingerprint density at radius 2 is 2.00 bits per heavy atom. The van der Waals surface area contributed by atoms with Crippen molar-refractivity contribution in [1.82, 2.24) is 5.32 Å². The molecule has 0 unspecified atom stereocenters. The lowest BCUT2D eigenvalue weighted by atomic mass is 9.95. The van der Waals surface area contributed by atoms with E-state index >= 15 is 0 Å². The monoisotopic (exact) mass is 211 g/mol. The number of rotatable bonds is 0. The molecule has 0 aromatic carbocycles. The summed E-state index contributed by atoms with van der Waals surface area (Å²) < 4.78 is 22.4. The molecule has 1 N–H and O–H groups in total. The molecule has 2 heterocycles. The third-order valence-electron chi connectivity index (χ3n) is 2.92. The fraction of sp³-hybridized carbons (Fsp3) is 1.00. The maximum Gasteiger partial charge on any atom is 0.157 e. The molecule has 2 rings (SSSR count). The molecule has 1 spiro atoms. The summed E-state index contributed by atoms with van der Waals surface area (Å²) in [6, 6.07) is 0. The first-order chi connectivity index (χ1) is 5.16. The first-order valence-corrected chi connectivity index (χ1v) is 5.75. The van der Waals surface area contributed by atoms with Crippen molar-refractivity contribution in [1.29, 1.82) is 0 Å². The number of nitrogens with one attached hydrogen (secondary N) is 1. The summed E-state index contributed by atoms with van der Waals surface area (Å²) in [5, 5.41) is 3.15. The lowest BCUT2D eigenvalue weighted by molar-refractivity contribution is 0.353. The van der Waals surface area contributed by atoms with Crippen molar-refractivity contribution in [2.45, 2.75) is 24.0 Å². The normalized spacial score (nSPS) is 38.3. The Morgan fingerprint density at radius 3 is 2.25 bits per heavy atom. The van der Waals surface area contributed by atoms with Gasteiger partial charge in [-0.1, -0.05) is 0 Å². The van der Waals surface area contributed by atoms with Crippen LogP contribution >= 0.6 is 12.4 Å². The summed E-state index contributed by atoms with van der Waals surface area (Å²) >= 11 is 0. The molecule has 3 nitrogen and oxygen atoms in total. The van der Waals surface area contributed by atoms with E-state index in [9.17, 15) is 8.42 Å². The van der Waals surface area contributed by atoms with Gasteiger partial charge in [0.25, 0.3) is 0 Å². The Morgan fingerprint density at radius 1 is 1.25 bits per heavy atom. The van der Waals surface area contributed by atoms with Crippen molar-refractivity contribution >= 4 is 22.2 Å². The van der Waals surface area contributed by atoms with Gasteiger partial charge >= 0.3 is 0 Å². The molecule has 0 aromatic rings. The van der Waals surface area contributed by atoms with Crippen LogP contribution in [0.1, 0.15) is 19.3 Å².